The van der Waals surface area contributed by atoms with Gasteiger partial charge in [-0.25, -0.2) is 23.0 Å². The van der Waals surface area contributed by atoms with E-state index in [0.717, 1.165) is 10.8 Å². The van der Waals surface area contributed by atoms with Crippen molar-refractivity contribution in [2.75, 3.05) is 17.6 Å². The van der Waals surface area contributed by atoms with Crippen molar-refractivity contribution in [1.29, 1.82) is 0 Å². The number of anilines is 1. The molecule has 11 nitrogen and oxygen atoms in total. The van der Waals surface area contributed by atoms with Gasteiger partial charge in [0.1, 0.15) is 0 Å². The number of fused-ring (bicyclic) bond motifs is 1. The number of sulfonamides is 1. The van der Waals surface area contributed by atoms with E-state index in [1.54, 1.807) is 23.7 Å². The van der Waals surface area contributed by atoms with Crippen molar-refractivity contribution < 1.29 is 17.9 Å². The number of esters is 1. The minimum atomic E-state index is -3.56. The molecule has 0 spiro atoms. The van der Waals surface area contributed by atoms with E-state index >= 15 is 0 Å². The van der Waals surface area contributed by atoms with Gasteiger partial charge < -0.3 is 9.30 Å². The molecule has 2 heterocycles. The lowest BCUT2D eigenvalue weighted by molar-refractivity contribution is 0.0496. The molecule has 3 rings (SSSR count). The van der Waals surface area contributed by atoms with E-state index in [-0.39, 0.29) is 30.8 Å². The van der Waals surface area contributed by atoms with Gasteiger partial charge in [-0.15, -0.1) is 0 Å². The molecule has 0 saturated heterocycles. The molecule has 1 aromatic carbocycles. The first-order chi connectivity index (χ1) is 14.1. The Labute approximate surface area is 171 Å². The highest BCUT2D eigenvalue weighted by Gasteiger charge is 2.16. The highest BCUT2D eigenvalue weighted by molar-refractivity contribution is 7.92. The lowest BCUT2D eigenvalue weighted by Gasteiger charge is -2.11. The van der Waals surface area contributed by atoms with E-state index in [1.165, 1.54) is 30.1 Å². The fraction of sp³-hybridized carbons (Fsp3) is 0.333. The largest absolute Gasteiger partial charge is 0.462 e. The number of nitrogens with one attached hydrogen (secondary N) is 1. The molecular weight excluding hydrogens is 414 g/mol. The molecule has 0 amide bonds. The number of hydrogen-bond acceptors (Lipinski definition) is 7. The highest BCUT2D eigenvalue weighted by atomic mass is 32.2. The third kappa shape index (κ3) is 4.27. The van der Waals surface area contributed by atoms with Crippen LogP contribution in [0.5, 0.6) is 0 Å². The molecule has 30 heavy (non-hydrogen) atoms. The van der Waals surface area contributed by atoms with Crippen LogP contribution in [0.25, 0.3) is 11.2 Å². The maximum absolute atomic E-state index is 12.6. The van der Waals surface area contributed by atoms with E-state index in [4.69, 9.17) is 4.74 Å². The summed E-state index contributed by atoms with van der Waals surface area (Å²) in [7, 11) is -0.376. The first kappa shape index (κ1) is 21.3. The number of aromatic nitrogens is 4. The Hall–Kier alpha value is -3.41. The lowest BCUT2D eigenvalue weighted by Crippen LogP contribution is -2.39. The van der Waals surface area contributed by atoms with Gasteiger partial charge in [-0.2, -0.15) is 0 Å². The molecule has 0 bridgehead atoms. The summed E-state index contributed by atoms with van der Waals surface area (Å²) < 4.78 is 34.2. The molecule has 0 aliphatic heterocycles. The van der Waals surface area contributed by atoms with Gasteiger partial charge >= 0.3 is 11.7 Å². The highest BCUT2D eigenvalue weighted by Crippen LogP contribution is 2.17. The Bertz CT molecular complexity index is 1340. The fourth-order valence-corrected chi connectivity index (χ4v) is 3.59. The maximum atomic E-state index is 12.6. The van der Waals surface area contributed by atoms with Gasteiger partial charge in [-0.1, -0.05) is 12.1 Å². The Morgan fingerprint density at radius 2 is 1.90 bits per heavy atom. The number of aryl methyl sites for hydroxylation is 2. The van der Waals surface area contributed by atoms with E-state index in [9.17, 15) is 22.8 Å². The molecule has 0 aliphatic rings. The molecule has 0 atom stereocenters. The molecule has 3 aromatic rings. The number of carbonyl (C=O) groups is 1. The third-order valence-electron chi connectivity index (χ3n) is 4.40. The first-order valence-electron chi connectivity index (χ1n) is 8.95. The number of imidazole rings is 1. The summed E-state index contributed by atoms with van der Waals surface area (Å²) in [5, 5.41) is 0. The molecule has 2 aromatic heterocycles. The normalized spacial score (nSPS) is 11.6. The average Bonchev–Trinajstić information content (AvgIpc) is 3.06. The smallest absolute Gasteiger partial charge is 0.340 e. The van der Waals surface area contributed by atoms with Crippen LogP contribution >= 0.6 is 0 Å². The topological polar surface area (TPSA) is 134 Å². The molecule has 0 saturated carbocycles. The zero-order chi connectivity index (χ0) is 22.1. The number of rotatable bonds is 7. The van der Waals surface area contributed by atoms with Crippen LogP contribution in [0.2, 0.25) is 0 Å². The van der Waals surface area contributed by atoms with Gasteiger partial charge in [0.15, 0.2) is 11.2 Å². The summed E-state index contributed by atoms with van der Waals surface area (Å²) in [6.45, 7) is -0.0196. The number of hydrogen-bond donors (Lipinski definition) is 1. The van der Waals surface area contributed by atoms with Crippen LogP contribution in [0, 0.1) is 0 Å². The van der Waals surface area contributed by atoms with Crippen molar-refractivity contribution in [1.82, 2.24) is 18.7 Å². The van der Waals surface area contributed by atoms with Gasteiger partial charge in [0.05, 0.1) is 30.4 Å². The van der Waals surface area contributed by atoms with Crippen molar-refractivity contribution in [3.05, 3.63) is 57.0 Å². The average molecular weight is 435 g/mol. The van der Waals surface area contributed by atoms with Crippen molar-refractivity contribution in [3.63, 3.8) is 0 Å². The van der Waals surface area contributed by atoms with E-state index in [2.05, 4.69) is 9.71 Å². The van der Waals surface area contributed by atoms with Gasteiger partial charge in [0.25, 0.3) is 5.56 Å². The second-order valence-corrected chi connectivity index (χ2v) is 8.48. The van der Waals surface area contributed by atoms with Crippen LogP contribution in [-0.4, -0.2) is 45.9 Å². The molecule has 160 valence electrons. The van der Waals surface area contributed by atoms with E-state index in [1.807, 2.05) is 0 Å². The predicted molar refractivity (Wildman–Crippen MR) is 110 cm³/mol. The molecule has 1 N–H and O–H groups in total. The standard InChI is InChI=1S/C18H21N5O6S/c1-21-11-19-15-14(21)16(24)23(18(26)22(15)2)9-6-10-29-17(25)12-7-4-5-8-13(12)20-30(3,27)28/h4-5,7-8,11,20H,6,9-10H2,1-3H3. The Morgan fingerprint density at radius 1 is 1.20 bits per heavy atom. The number of para-hydroxylation sites is 1. The molecule has 0 fully saturated rings. The Morgan fingerprint density at radius 3 is 2.60 bits per heavy atom. The quantitative estimate of drug-likeness (QED) is 0.409. The van der Waals surface area contributed by atoms with Crippen molar-refractivity contribution >= 4 is 32.8 Å². The van der Waals surface area contributed by atoms with Gasteiger partial charge in [-0.3, -0.25) is 18.7 Å². The fourth-order valence-electron chi connectivity index (χ4n) is 3.01. The van der Waals surface area contributed by atoms with E-state index in [0.29, 0.717) is 11.2 Å². The first-order valence-corrected chi connectivity index (χ1v) is 10.8. The van der Waals surface area contributed by atoms with Crippen LogP contribution in [0.3, 0.4) is 0 Å². The summed E-state index contributed by atoms with van der Waals surface area (Å²) in [5.41, 5.74) is -0.216. The summed E-state index contributed by atoms with van der Waals surface area (Å²) >= 11 is 0. The Kier molecular flexibility index (Phi) is 5.78. The maximum Gasteiger partial charge on any atom is 0.340 e. The minimum Gasteiger partial charge on any atom is -0.462 e. The Balaban J connectivity index is 1.71. The molecule has 0 unspecified atom stereocenters. The van der Waals surface area contributed by atoms with Crippen LogP contribution in [0.15, 0.2) is 40.2 Å². The molecule has 0 aliphatic carbocycles. The zero-order valence-corrected chi connectivity index (χ0v) is 17.5. The van der Waals surface area contributed by atoms with Crippen LogP contribution in [0.1, 0.15) is 16.8 Å². The number of carbonyl (C=O) groups excluding carboxylic acids is 1. The number of nitrogens with zero attached hydrogens (tertiary/aromatic N) is 4. The second kappa shape index (κ2) is 8.14. The number of ether oxygens (including phenoxy) is 1. The van der Waals surface area contributed by atoms with Gasteiger partial charge in [0, 0.05) is 20.6 Å². The van der Waals surface area contributed by atoms with Crippen molar-refractivity contribution in [2.45, 2.75) is 13.0 Å². The lowest BCUT2D eigenvalue weighted by atomic mass is 10.2. The van der Waals surface area contributed by atoms with Crippen molar-refractivity contribution in [3.8, 4) is 0 Å². The molecule has 0 radical (unpaired) electrons. The van der Waals surface area contributed by atoms with Crippen molar-refractivity contribution in [2.24, 2.45) is 14.1 Å². The molecular formula is C18H21N5O6S. The third-order valence-corrected chi connectivity index (χ3v) is 4.99. The van der Waals surface area contributed by atoms with Gasteiger partial charge in [-0.05, 0) is 18.6 Å². The monoisotopic (exact) mass is 435 g/mol. The zero-order valence-electron chi connectivity index (χ0n) is 16.7. The van der Waals surface area contributed by atoms with Crippen LogP contribution in [-0.2, 0) is 35.4 Å². The minimum absolute atomic E-state index is 0.0448. The summed E-state index contributed by atoms with van der Waals surface area (Å²) in [6.07, 6.45) is 2.65. The SMILES string of the molecule is Cn1cnc2c1c(=O)n(CCCOC(=O)c1ccccc1NS(C)(=O)=O)c(=O)n2C. The van der Waals surface area contributed by atoms with E-state index < -0.39 is 27.2 Å². The number of benzene rings is 1. The van der Waals surface area contributed by atoms with Crippen LogP contribution in [0.4, 0.5) is 5.69 Å². The molecule has 12 heteroatoms. The second-order valence-electron chi connectivity index (χ2n) is 6.74. The summed E-state index contributed by atoms with van der Waals surface area (Å²) in [5.74, 6) is -0.718. The summed E-state index contributed by atoms with van der Waals surface area (Å²) in [6, 6.07) is 6.05. The summed E-state index contributed by atoms with van der Waals surface area (Å²) in [4.78, 5) is 41.5. The predicted octanol–water partition coefficient (Wildman–Crippen LogP) is 0.0523. The van der Waals surface area contributed by atoms with Crippen LogP contribution < -0.4 is 16.0 Å². The van der Waals surface area contributed by atoms with Gasteiger partial charge in [0.2, 0.25) is 10.0 Å².